The summed E-state index contributed by atoms with van der Waals surface area (Å²) in [5, 5.41) is 3.45. The molecule has 1 N–H and O–H groups in total. The molecule has 0 aliphatic heterocycles. The third-order valence-corrected chi connectivity index (χ3v) is 3.86. The van der Waals surface area contributed by atoms with Crippen LogP contribution in [0.4, 0.5) is 0 Å². The summed E-state index contributed by atoms with van der Waals surface area (Å²) in [4.78, 5) is 0. The van der Waals surface area contributed by atoms with Gasteiger partial charge in [0.1, 0.15) is 11.5 Å². The van der Waals surface area contributed by atoms with Crippen LogP contribution in [0.2, 0.25) is 0 Å². The van der Waals surface area contributed by atoms with Crippen LogP contribution in [0.25, 0.3) is 0 Å². The number of halogens is 1. The molecule has 20 heavy (non-hydrogen) atoms. The molecule has 0 fully saturated rings. The molecule has 0 saturated carbocycles. The van der Waals surface area contributed by atoms with Gasteiger partial charge in [0.05, 0.1) is 3.57 Å². The van der Waals surface area contributed by atoms with Crippen LogP contribution in [0, 0.1) is 10.5 Å². The van der Waals surface area contributed by atoms with E-state index in [2.05, 4.69) is 72.9 Å². The second-order valence-electron chi connectivity index (χ2n) is 5.18. The molecule has 0 aliphatic carbocycles. The lowest BCUT2D eigenvalue weighted by molar-refractivity contribution is 0.466. The fourth-order valence-electron chi connectivity index (χ4n) is 1.91. The van der Waals surface area contributed by atoms with Gasteiger partial charge in [-0.15, -0.1) is 0 Å². The molecule has 0 bridgehead atoms. The third kappa shape index (κ3) is 4.21. The normalized spacial score (nSPS) is 10.8. The lowest BCUT2D eigenvalue weighted by Crippen LogP contribution is -2.22. The van der Waals surface area contributed by atoms with Crippen molar-refractivity contribution in [1.29, 1.82) is 0 Å². The van der Waals surface area contributed by atoms with Crippen LogP contribution < -0.4 is 10.1 Å². The molecule has 0 atom stereocenters. The van der Waals surface area contributed by atoms with Crippen LogP contribution in [0.3, 0.4) is 0 Å². The highest BCUT2D eigenvalue weighted by molar-refractivity contribution is 14.1. The average molecular weight is 381 g/mol. The van der Waals surface area contributed by atoms with Crippen molar-refractivity contribution in [2.75, 3.05) is 0 Å². The van der Waals surface area contributed by atoms with E-state index in [-0.39, 0.29) is 0 Å². The minimum absolute atomic E-state index is 0.459. The van der Waals surface area contributed by atoms with Gasteiger partial charge in [0, 0.05) is 18.2 Å². The Hall–Kier alpha value is -1.07. The molecule has 3 heteroatoms. The maximum atomic E-state index is 6.08. The van der Waals surface area contributed by atoms with Gasteiger partial charge in [-0.25, -0.2) is 0 Å². The second-order valence-corrected chi connectivity index (χ2v) is 6.34. The Morgan fingerprint density at radius 2 is 1.85 bits per heavy atom. The summed E-state index contributed by atoms with van der Waals surface area (Å²) in [6.07, 6.45) is 0. The molecular weight excluding hydrogens is 361 g/mol. The van der Waals surface area contributed by atoms with Crippen molar-refractivity contribution in [3.63, 3.8) is 0 Å². The molecule has 0 aliphatic rings. The topological polar surface area (TPSA) is 21.3 Å². The SMILES string of the molecule is Cc1ccc(Oc2ccccc2I)c(CNC(C)C)c1. The second kappa shape index (κ2) is 7.09. The van der Waals surface area contributed by atoms with Crippen molar-refractivity contribution in [1.82, 2.24) is 5.32 Å². The Morgan fingerprint density at radius 1 is 1.10 bits per heavy atom. The van der Waals surface area contributed by atoms with Gasteiger partial charge in [-0.05, 0) is 47.7 Å². The van der Waals surface area contributed by atoms with Gasteiger partial charge in [0.2, 0.25) is 0 Å². The number of ether oxygens (including phenoxy) is 1. The fraction of sp³-hybridized carbons (Fsp3) is 0.294. The lowest BCUT2D eigenvalue weighted by Gasteiger charge is -2.15. The maximum absolute atomic E-state index is 6.08. The number of para-hydroxylation sites is 1. The molecule has 2 aromatic carbocycles. The van der Waals surface area contributed by atoms with E-state index >= 15 is 0 Å². The molecule has 0 aromatic heterocycles. The monoisotopic (exact) mass is 381 g/mol. The Bertz CT molecular complexity index is 581. The van der Waals surface area contributed by atoms with E-state index < -0.39 is 0 Å². The van der Waals surface area contributed by atoms with Crippen molar-refractivity contribution in [2.24, 2.45) is 0 Å². The summed E-state index contributed by atoms with van der Waals surface area (Å²) < 4.78 is 7.20. The van der Waals surface area contributed by atoms with Crippen molar-refractivity contribution in [3.05, 3.63) is 57.2 Å². The lowest BCUT2D eigenvalue weighted by atomic mass is 10.1. The molecule has 0 radical (unpaired) electrons. The Labute approximate surface area is 134 Å². The number of hydrogen-bond acceptors (Lipinski definition) is 2. The van der Waals surface area contributed by atoms with Crippen LogP contribution in [-0.2, 0) is 6.54 Å². The van der Waals surface area contributed by atoms with E-state index in [0.29, 0.717) is 6.04 Å². The molecule has 0 heterocycles. The fourth-order valence-corrected chi connectivity index (χ4v) is 2.40. The number of nitrogens with one attached hydrogen (secondary N) is 1. The van der Waals surface area contributed by atoms with Crippen LogP contribution in [-0.4, -0.2) is 6.04 Å². The minimum atomic E-state index is 0.459. The Morgan fingerprint density at radius 3 is 2.55 bits per heavy atom. The minimum Gasteiger partial charge on any atom is -0.456 e. The van der Waals surface area contributed by atoms with E-state index in [9.17, 15) is 0 Å². The van der Waals surface area contributed by atoms with E-state index in [4.69, 9.17) is 4.74 Å². The zero-order chi connectivity index (χ0) is 14.5. The predicted molar refractivity (Wildman–Crippen MR) is 92.4 cm³/mol. The predicted octanol–water partition coefficient (Wildman–Crippen LogP) is 4.89. The average Bonchev–Trinajstić information content (AvgIpc) is 2.41. The van der Waals surface area contributed by atoms with Crippen molar-refractivity contribution < 1.29 is 4.74 Å². The Kier molecular flexibility index (Phi) is 5.43. The van der Waals surface area contributed by atoms with Crippen LogP contribution in [0.5, 0.6) is 11.5 Å². The summed E-state index contributed by atoms with van der Waals surface area (Å²) in [7, 11) is 0. The number of aryl methyl sites for hydroxylation is 1. The van der Waals surface area contributed by atoms with Crippen molar-refractivity contribution in [3.8, 4) is 11.5 Å². The van der Waals surface area contributed by atoms with Gasteiger partial charge in [0.25, 0.3) is 0 Å². The number of rotatable bonds is 5. The van der Waals surface area contributed by atoms with Gasteiger partial charge < -0.3 is 10.1 Å². The van der Waals surface area contributed by atoms with Gasteiger partial charge in [-0.3, -0.25) is 0 Å². The first-order valence-electron chi connectivity index (χ1n) is 6.81. The first-order chi connectivity index (χ1) is 9.56. The largest absolute Gasteiger partial charge is 0.456 e. The molecule has 0 spiro atoms. The van der Waals surface area contributed by atoms with Gasteiger partial charge in [-0.1, -0.05) is 43.7 Å². The van der Waals surface area contributed by atoms with Gasteiger partial charge >= 0.3 is 0 Å². The van der Waals surface area contributed by atoms with Crippen LogP contribution in [0.1, 0.15) is 25.0 Å². The van der Waals surface area contributed by atoms with Crippen LogP contribution in [0.15, 0.2) is 42.5 Å². The molecular formula is C17H20INO. The highest BCUT2D eigenvalue weighted by atomic mass is 127. The smallest absolute Gasteiger partial charge is 0.140 e. The van der Waals surface area contributed by atoms with E-state index in [1.54, 1.807) is 0 Å². The van der Waals surface area contributed by atoms with E-state index in [1.807, 2.05) is 18.2 Å². The number of benzene rings is 2. The highest BCUT2D eigenvalue weighted by Crippen LogP contribution is 2.29. The van der Waals surface area contributed by atoms with Crippen LogP contribution >= 0.6 is 22.6 Å². The van der Waals surface area contributed by atoms with Crippen molar-refractivity contribution >= 4 is 22.6 Å². The van der Waals surface area contributed by atoms with Crippen molar-refractivity contribution in [2.45, 2.75) is 33.4 Å². The quantitative estimate of drug-likeness (QED) is 0.745. The molecule has 0 saturated heterocycles. The summed E-state index contributed by atoms with van der Waals surface area (Å²) in [6.45, 7) is 7.22. The first kappa shape index (κ1) is 15.3. The first-order valence-corrected chi connectivity index (χ1v) is 7.89. The standard InChI is InChI=1S/C17H20INO/c1-12(2)19-11-14-10-13(3)8-9-16(14)20-17-7-5-4-6-15(17)18/h4-10,12,19H,11H2,1-3H3. The summed E-state index contributed by atoms with van der Waals surface area (Å²) >= 11 is 2.30. The summed E-state index contributed by atoms with van der Waals surface area (Å²) in [5.74, 6) is 1.83. The molecule has 106 valence electrons. The summed E-state index contributed by atoms with van der Waals surface area (Å²) in [6, 6.07) is 14.8. The summed E-state index contributed by atoms with van der Waals surface area (Å²) in [5.41, 5.74) is 2.44. The van der Waals surface area contributed by atoms with E-state index in [1.165, 1.54) is 11.1 Å². The zero-order valence-electron chi connectivity index (χ0n) is 12.1. The molecule has 2 rings (SSSR count). The zero-order valence-corrected chi connectivity index (χ0v) is 14.3. The molecule has 2 nitrogen and oxygen atoms in total. The number of hydrogen-bond donors (Lipinski definition) is 1. The maximum Gasteiger partial charge on any atom is 0.140 e. The van der Waals surface area contributed by atoms with Gasteiger partial charge in [-0.2, -0.15) is 0 Å². The molecule has 0 amide bonds. The highest BCUT2D eigenvalue weighted by Gasteiger charge is 2.08. The van der Waals surface area contributed by atoms with E-state index in [0.717, 1.165) is 21.6 Å². The Balaban J connectivity index is 2.24. The molecule has 0 unspecified atom stereocenters. The third-order valence-electron chi connectivity index (χ3n) is 2.97. The van der Waals surface area contributed by atoms with Gasteiger partial charge in [0.15, 0.2) is 0 Å². The molecule has 2 aromatic rings.